The number of hydrogen-bond acceptors (Lipinski definition) is 2. The summed E-state index contributed by atoms with van der Waals surface area (Å²) in [6.45, 7) is 0. The second-order valence-electron chi connectivity index (χ2n) is 10.9. The summed E-state index contributed by atoms with van der Waals surface area (Å²) in [5.74, 6) is 0. The van der Waals surface area contributed by atoms with Crippen LogP contribution < -0.4 is 0 Å². The fourth-order valence-corrected chi connectivity index (χ4v) is 7.43. The van der Waals surface area contributed by atoms with Crippen LogP contribution in [0, 0.1) is 0 Å². The van der Waals surface area contributed by atoms with Crippen LogP contribution in [-0.4, -0.2) is 9.97 Å². The normalized spacial score (nSPS) is 12.5. The standard InChI is InChI=1S/C38H20N2/c1-2-8-22-21(7-1)31(23-15-16-27-29-14-6-17-39-37(29)30-12-4-9-24(23)35(27)30)19-33-26-11-3-10-25-28-13-5-18-40-38(28)34(36(25)26)20-32(22)33/h1-20H. The van der Waals surface area contributed by atoms with E-state index in [4.69, 9.17) is 9.97 Å². The zero-order valence-electron chi connectivity index (χ0n) is 21.4. The summed E-state index contributed by atoms with van der Waals surface area (Å²) in [6, 6.07) is 40.1. The molecule has 0 atom stereocenters. The van der Waals surface area contributed by atoms with Gasteiger partial charge in [-0.25, -0.2) is 0 Å². The van der Waals surface area contributed by atoms with E-state index in [2.05, 4.69) is 97.1 Å². The lowest BCUT2D eigenvalue weighted by molar-refractivity contribution is 1.35. The van der Waals surface area contributed by atoms with Gasteiger partial charge in [-0.15, -0.1) is 0 Å². The van der Waals surface area contributed by atoms with Gasteiger partial charge in [-0.1, -0.05) is 84.9 Å². The molecule has 0 saturated heterocycles. The quantitative estimate of drug-likeness (QED) is 0.208. The summed E-state index contributed by atoms with van der Waals surface area (Å²) in [4.78, 5) is 9.58. The van der Waals surface area contributed by atoms with Gasteiger partial charge in [-0.2, -0.15) is 0 Å². The molecular formula is C38H20N2. The highest BCUT2D eigenvalue weighted by atomic mass is 14.7. The van der Waals surface area contributed by atoms with Crippen LogP contribution in [-0.2, 0) is 0 Å². The van der Waals surface area contributed by atoms with Gasteiger partial charge >= 0.3 is 0 Å². The van der Waals surface area contributed by atoms with Gasteiger partial charge in [0.15, 0.2) is 0 Å². The first-order chi connectivity index (χ1) is 19.9. The van der Waals surface area contributed by atoms with Crippen LogP contribution in [0.2, 0.25) is 0 Å². The first-order valence-corrected chi connectivity index (χ1v) is 13.8. The minimum absolute atomic E-state index is 1.08. The average Bonchev–Trinajstić information content (AvgIpc) is 3.52. The molecule has 0 radical (unpaired) electrons. The van der Waals surface area contributed by atoms with Gasteiger partial charge in [-0.3, -0.25) is 9.97 Å². The van der Waals surface area contributed by atoms with Gasteiger partial charge in [0.1, 0.15) is 0 Å². The lowest BCUT2D eigenvalue weighted by Gasteiger charge is -2.16. The van der Waals surface area contributed by atoms with Gasteiger partial charge in [0.2, 0.25) is 0 Å². The summed E-state index contributed by atoms with van der Waals surface area (Å²) < 4.78 is 0. The Morgan fingerprint density at radius 1 is 0.300 bits per heavy atom. The van der Waals surface area contributed by atoms with Crippen molar-refractivity contribution in [3.63, 3.8) is 0 Å². The molecule has 8 aromatic rings. The van der Waals surface area contributed by atoms with Crippen molar-refractivity contribution in [3.05, 3.63) is 122 Å². The van der Waals surface area contributed by atoms with Crippen molar-refractivity contribution in [3.8, 4) is 55.9 Å². The van der Waals surface area contributed by atoms with Gasteiger partial charge in [0.05, 0.1) is 11.4 Å². The predicted molar refractivity (Wildman–Crippen MR) is 166 cm³/mol. The van der Waals surface area contributed by atoms with Crippen LogP contribution in [0.15, 0.2) is 122 Å². The highest BCUT2D eigenvalue weighted by molar-refractivity contribution is 6.29. The van der Waals surface area contributed by atoms with Crippen LogP contribution >= 0.6 is 0 Å². The Kier molecular flexibility index (Phi) is 3.70. The molecule has 0 spiro atoms. The number of fused-ring (bicyclic) bond motifs is 10. The third kappa shape index (κ3) is 2.41. The Bertz CT molecular complexity index is 2400. The van der Waals surface area contributed by atoms with Crippen molar-refractivity contribution in [1.82, 2.24) is 9.97 Å². The number of aromatic nitrogens is 2. The third-order valence-electron chi connectivity index (χ3n) is 9.04. The SMILES string of the molecule is c1cnc2c(c1)-c1ccc(-c3cc4c5cccc6c5c(cc4c4ccccc34)-c3ncccc3-6)c3cccc-2c13. The fourth-order valence-electron chi connectivity index (χ4n) is 7.43. The number of nitrogens with zero attached hydrogens (tertiary/aromatic N) is 2. The molecule has 0 aliphatic heterocycles. The largest absolute Gasteiger partial charge is 0.256 e. The second-order valence-corrected chi connectivity index (χ2v) is 10.9. The third-order valence-corrected chi connectivity index (χ3v) is 9.04. The highest BCUT2D eigenvalue weighted by Gasteiger charge is 2.26. The Morgan fingerprint density at radius 2 is 0.850 bits per heavy atom. The molecule has 6 aromatic carbocycles. The van der Waals surface area contributed by atoms with Gasteiger partial charge in [0.25, 0.3) is 0 Å². The first-order valence-electron chi connectivity index (χ1n) is 13.8. The molecule has 2 aliphatic rings. The predicted octanol–water partition coefficient (Wildman–Crippen LogP) is 10.1. The van der Waals surface area contributed by atoms with E-state index in [1.165, 1.54) is 87.6 Å². The number of benzene rings is 6. The summed E-state index contributed by atoms with van der Waals surface area (Å²) in [5.41, 5.74) is 12.2. The molecule has 0 bridgehead atoms. The van der Waals surface area contributed by atoms with E-state index in [0.717, 1.165) is 11.4 Å². The van der Waals surface area contributed by atoms with Crippen LogP contribution in [0.25, 0.3) is 99.0 Å². The number of hydrogen-bond donors (Lipinski definition) is 0. The molecule has 2 nitrogen and oxygen atoms in total. The maximum Gasteiger partial charge on any atom is 0.0787 e. The zero-order valence-corrected chi connectivity index (χ0v) is 21.4. The molecule has 2 aromatic heterocycles. The Morgan fingerprint density at radius 3 is 1.68 bits per heavy atom. The van der Waals surface area contributed by atoms with E-state index >= 15 is 0 Å². The maximum absolute atomic E-state index is 4.82. The lowest BCUT2D eigenvalue weighted by atomic mass is 9.87. The average molecular weight is 505 g/mol. The molecular weight excluding hydrogens is 484 g/mol. The molecule has 10 rings (SSSR count). The van der Waals surface area contributed by atoms with Gasteiger partial charge < -0.3 is 0 Å². The lowest BCUT2D eigenvalue weighted by Crippen LogP contribution is -1.89. The summed E-state index contributed by atoms with van der Waals surface area (Å²) >= 11 is 0. The maximum atomic E-state index is 4.82. The molecule has 0 amide bonds. The van der Waals surface area contributed by atoms with Crippen molar-refractivity contribution in [2.24, 2.45) is 0 Å². The summed E-state index contributed by atoms with van der Waals surface area (Å²) in [6.07, 6.45) is 3.81. The van der Waals surface area contributed by atoms with Crippen LogP contribution in [0.3, 0.4) is 0 Å². The molecule has 2 aliphatic carbocycles. The van der Waals surface area contributed by atoms with Crippen LogP contribution in [0.4, 0.5) is 0 Å². The highest BCUT2D eigenvalue weighted by Crippen LogP contribution is 2.52. The Balaban J connectivity index is 1.36. The van der Waals surface area contributed by atoms with Crippen molar-refractivity contribution in [2.75, 3.05) is 0 Å². The number of pyridine rings is 2. The summed E-state index contributed by atoms with van der Waals surface area (Å²) in [7, 11) is 0. The van der Waals surface area contributed by atoms with E-state index in [9.17, 15) is 0 Å². The Labute approximate surface area is 230 Å². The molecule has 0 fully saturated rings. The zero-order chi connectivity index (χ0) is 25.9. The van der Waals surface area contributed by atoms with Crippen molar-refractivity contribution < 1.29 is 0 Å². The van der Waals surface area contributed by atoms with E-state index in [-0.39, 0.29) is 0 Å². The van der Waals surface area contributed by atoms with Gasteiger partial charge in [-0.05, 0) is 89.6 Å². The summed E-state index contributed by atoms with van der Waals surface area (Å²) in [5, 5.41) is 10.3. The molecule has 2 heterocycles. The Hall–Kier alpha value is -5.34. The minimum atomic E-state index is 1.08. The number of rotatable bonds is 1. The molecule has 2 heteroatoms. The van der Waals surface area contributed by atoms with Crippen LogP contribution in [0.1, 0.15) is 0 Å². The van der Waals surface area contributed by atoms with E-state index < -0.39 is 0 Å². The van der Waals surface area contributed by atoms with Crippen molar-refractivity contribution >= 4 is 43.1 Å². The van der Waals surface area contributed by atoms with Crippen molar-refractivity contribution in [2.45, 2.75) is 0 Å². The topological polar surface area (TPSA) is 25.8 Å². The van der Waals surface area contributed by atoms with E-state index in [1.807, 2.05) is 24.5 Å². The second kappa shape index (κ2) is 7.19. The van der Waals surface area contributed by atoms with E-state index in [1.54, 1.807) is 0 Å². The molecule has 0 unspecified atom stereocenters. The van der Waals surface area contributed by atoms with Gasteiger partial charge in [0, 0.05) is 34.6 Å². The molecule has 182 valence electrons. The molecule has 0 N–H and O–H groups in total. The van der Waals surface area contributed by atoms with Crippen molar-refractivity contribution in [1.29, 1.82) is 0 Å². The van der Waals surface area contributed by atoms with Crippen LogP contribution in [0.5, 0.6) is 0 Å². The molecule has 40 heavy (non-hydrogen) atoms. The monoisotopic (exact) mass is 504 g/mol. The smallest absolute Gasteiger partial charge is 0.0787 e. The van der Waals surface area contributed by atoms with E-state index in [0.29, 0.717) is 0 Å². The first kappa shape index (κ1) is 20.6. The fraction of sp³-hybridized carbons (Fsp3) is 0. The molecule has 0 saturated carbocycles. The minimum Gasteiger partial charge on any atom is -0.256 e.